The van der Waals surface area contributed by atoms with Crippen molar-refractivity contribution in [3.8, 4) is 5.75 Å². The van der Waals surface area contributed by atoms with Gasteiger partial charge in [0.05, 0.1) is 26.1 Å². The van der Waals surface area contributed by atoms with Crippen molar-refractivity contribution in [2.24, 2.45) is 0 Å². The van der Waals surface area contributed by atoms with Crippen LogP contribution in [0, 0.1) is 0 Å². The number of hydrogen-bond donors (Lipinski definition) is 2. The van der Waals surface area contributed by atoms with Crippen molar-refractivity contribution in [1.29, 1.82) is 0 Å². The molecule has 0 aliphatic heterocycles. The number of carboxylic acids is 1. The number of aromatic carboxylic acids is 1. The molecule has 0 fully saturated rings. The van der Waals surface area contributed by atoms with E-state index >= 15 is 0 Å². The van der Waals surface area contributed by atoms with Gasteiger partial charge >= 0.3 is 12.1 Å². The smallest absolute Gasteiger partial charge is 0.417 e. The highest BCUT2D eigenvalue weighted by Crippen LogP contribution is 2.40. The van der Waals surface area contributed by atoms with Crippen molar-refractivity contribution in [3.05, 3.63) is 62.2 Å². The molecule has 10 heteroatoms. The van der Waals surface area contributed by atoms with E-state index in [-0.39, 0.29) is 38.8 Å². The maximum atomic E-state index is 13.1. The largest absolute Gasteiger partial charge is 0.505 e. The highest BCUT2D eigenvalue weighted by atomic mass is 35.5. The van der Waals surface area contributed by atoms with E-state index in [1.165, 1.54) is 22.8 Å². The fourth-order valence-electron chi connectivity index (χ4n) is 2.73. The minimum absolute atomic E-state index is 0.115. The number of aromatic hydroxyl groups is 1. The fourth-order valence-corrected chi connectivity index (χ4v) is 3.46. The van der Waals surface area contributed by atoms with Gasteiger partial charge in [-0.15, -0.1) is 0 Å². The Morgan fingerprint density at radius 3 is 2.33 bits per heavy atom. The zero-order valence-electron chi connectivity index (χ0n) is 13.1. The van der Waals surface area contributed by atoms with E-state index in [4.69, 9.17) is 34.8 Å². The third-order valence-corrected chi connectivity index (χ3v) is 4.97. The number of phenols is 1. The average molecular weight is 439 g/mol. The van der Waals surface area contributed by atoms with Crippen LogP contribution < -0.4 is 0 Å². The SMILES string of the molecule is O=C(O)c1cc2c(Cl)c(O)c(Cl)cc2n1Cc1ccc(Cl)c(C(F)(F)F)c1. The molecule has 2 aromatic carbocycles. The van der Waals surface area contributed by atoms with Gasteiger partial charge in [0.25, 0.3) is 0 Å². The minimum Gasteiger partial charge on any atom is -0.505 e. The average Bonchev–Trinajstić information content (AvgIpc) is 2.92. The Morgan fingerprint density at radius 1 is 1.07 bits per heavy atom. The molecule has 0 unspecified atom stereocenters. The van der Waals surface area contributed by atoms with E-state index in [9.17, 15) is 28.2 Å². The van der Waals surface area contributed by atoms with Crippen molar-refractivity contribution in [3.63, 3.8) is 0 Å². The topological polar surface area (TPSA) is 62.5 Å². The van der Waals surface area contributed by atoms with Gasteiger partial charge in [-0.05, 0) is 29.8 Å². The van der Waals surface area contributed by atoms with Crippen molar-refractivity contribution in [2.75, 3.05) is 0 Å². The monoisotopic (exact) mass is 437 g/mol. The molecule has 0 amide bonds. The molecule has 0 radical (unpaired) electrons. The molecular weight excluding hydrogens is 430 g/mol. The van der Waals surface area contributed by atoms with E-state index in [0.717, 1.165) is 12.1 Å². The van der Waals surface area contributed by atoms with Crippen LogP contribution in [0.25, 0.3) is 10.9 Å². The second-order valence-corrected chi connectivity index (χ2v) is 6.88. The Labute approximate surface area is 165 Å². The molecule has 142 valence electrons. The lowest BCUT2D eigenvalue weighted by Crippen LogP contribution is -2.11. The molecule has 0 atom stereocenters. The second-order valence-electron chi connectivity index (χ2n) is 5.69. The summed E-state index contributed by atoms with van der Waals surface area (Å²) in [6, 6.07) is 5.82. The number of halogens is 6. The number of hydrogen-bond acceptors (Lipinski definition) is 2. The Kier molecular flexibility index (Phi) is 4.96. The van der Waals surface area contributed by atoms with E-state index in [1.54, 1.807) is 0 Å². The van der Waals surface area contributed by atoms with Gasteiger partial charge in [-0.2, -0.15) is 13.2 Å². The maximum absolute atomic E-state index is 13.1. The molecule has 0 bridgehead atoms. The van der Waals surface area contributed by atoms with Gasteiger partial charge in [0, 0.05) is 11.9 Å². The summed E-state index contributed by atoms with van der Waals surface area (Å²) in [7, 11) is 0. The Balaban J connectivity index is 2.20. The summed E-state index contributed by atoms with van der Waals surface area (Å²) in [5, 5.41) is 18.8. The standard InChI is InChI=1S/C17H9Cl3F3NO3/c18-10-2-1-7(3-9(10)17(21,22)23)6-24-12-5-11(19)15(25)14(20)8(12)4-13(24)16(26)27/h1-5,25H,6H2,(H,26,27). The van der Waals surface area contributed by atoms with Crippen molar-refractivity contribution < 1.29 is 28.2 Å². The third-order valence-electron chi connectivity index (χ3n) is 3.97. The Hall–Kier alpha value is -2.09. The van der Waals surface area contributed by atoms with Gasteiger partial charge in [-0.3, -0.25) is 0 Å². The van der Waals surface area contributed by atoms with Gasteiger partial charge in [0.15, 0.2) is 5.75 Å². The molecule has 1 heterocycles. The van der Waals surface area contributed by atoms with Crippen molar-refractivity contribution in [1.82, 2.24) is 4.57 Å². The van der Waals surface area contributed by atoms with Gasteiger partial charge in [-0.1, -0.05) is 40.9 Å². The summed E-state index contributed by atoms with van der Waals surface area (Å²) < 4.78 is 40.5. The first-order valence-electron chi connectivity index (χ1n) is 7.29. The highest BCUT2D eigenvalue weighted by Gasteiger charge is 2.33. The number of carboxylic acid groups (broad SMARTS) is 1. The summed E-state index contributed by atoms with van der Waals surface area (Å²) in [6.45, 7) is -0.206. The molecule has 0 saturated carbocycles. The number of fused-ring (bicyclic) bond motifs is 1. The first-order valence-corrected chi connectivity index (χ1v) is 8.43. The third kappa shape index (κ3) is 3.54. The number of phenolic OH excluding ortho intramolecular Hbond substituents is 1. The molecule has 3 rings (SSSR count). The molecule has 0 aliphatic carbocycles. The Morgan fingerprint density at radius 2 is 1.74 bits per heavy atom. The number of aromatic nitrogens is 1. The number of carbonyl (C=O) groups is 1. The van der Waals surface area contributed by atoms with Gasteiger partial charge < -0.3 is 14.8 Å². The summed E-state index contributed by atoms with van der Waals surface area (Å²) >= 11 is 17.5. The molecule has 1 aromatic heterocycles. The predicted octanol–water partition coefficient (Wildman–Crippen LogP) is 6.07. The Bertz CT molecular complexity index is 1080. The normalized spacial score (nSPS) is 11.9. The summed E-state index contributed by atoms with van der Waals surface area (Å²) in [5.41, 5.74) is -0.823. The predicted molar refractivity (Wildman–Crippen MR) is 96.1 cm³/mol. The van der Waals surface area contributed by atoms with Crippen LogP contribution in [0.1, 0.15) is 21.6 Å². The summed E-state index contributed by atoms with van der Waals surface area (Å²) in [5.74, 6) is -1.73. The number of alkyl halides is 3. The molecule has 2 N–H and O–H groups in total. The summed E-state index contributed by atoms with van der Waals surface area (Å²) in [6.07, 6.45) is -4.65. The van der Waals surface area contributed by atoms with Crippen LogP contribution in [0.15, 0.2) is 30.3 Å². The molecule has 0 spiro atoms. The molecular formula is C17H9Cl3F3NO3. The van der Waals surface area contributed by atoms with Crippen molar-refractivity contribution in [2.45, 2.75) is 12.7 Å². The van der Waals surface area contributed by atoms with Gasteiger partial charge in [0.1, 0.15) is 5.69 Å². The maximum Gasteiger partial charge on any atom is 0.417 e. The number of benzene rings is 2. The van der Waals surface area contributed by atoms with Gasteiger partial charge in [-0.25, -0.2) is 4.79 Å². The number of nitrogens with zero attached hydrogens (tertiary/aromatic N) is 1. The van der Waals surface area contributed by atoms with E-state index in [1.807, 2.05) is 0 Å². The van der Waals surface area contributed by atoms with E-state index in [2.05, 4.69) is 0 Å². The van der Waals surface area contributed by atoms with Crippen LogP contribution >= 0.6 is 34.8 Å². The van der Waals surface area contributed by atoms with Crippen molar-refractivity contribution >= 4 is 51.7 Å². The van der Waals surface area contributed by atoms with E-state index in [0.29, 0.717) is 0 Å². The van der Waals surface area contributed by atoms with Crippen LogP contribution in [-0.2, 0) is 12.7 Å². The molecule has 4 nitrogen and oxygen atoms in total. The lowest BCUT2D eigenvalue weighted by Gasteiger charge is -2.13. The quantitative estimate of drug-likeness (QED) is 0.521. The van der Waals surface area contributed by atoms with Crippen LogP contribution in [0.4, 0.5) is 13.2 Å². The van der Waals surface area contributed by atoms with E-state index < -0.39 is 28.5 Å². The van der Waals surface area contributed by atoms with Crippen LogP contribution in [0.5, 0.6) is 5.75 Å². The first kappa shape index (κ1) is 19.7. The highest BCUT2D eigenvalue weighted by molar-refractivity contribution is 6.41. The zero-order chi connectivity index (χ0) is 20.1. The van der Waals surface area contributed by atoms with Crippen LogP contribution in [0.3, 0.4) is 0 Å². The van der Waals surface area contributed by atoms with Crippen LogP contribution in [-0.4, -0.2) is 20.7 Å². The summed E-state index contributed by atoms with van der Waals surface area (Å²) in [4.78, 5) is 11.6. The minimum atomic E-state index is -4.65. The molecule has 27 heavy (non-hydrogen) atoms. The second kappa shape index (κ2) is 6.82. The lowest BCUT2D eigenvalue weighted by atomic mass is 10.1. The molecule has 3 aromatic rings. The molecule has 0 aliphatic rings. The zero-order valence-corrected chi connectivity index (χ0v) is 15.4. The fraction of sp³-hybridized carbons (Fsp3) is 0.118. The van der Waals surface area contributed by atoms with Gasteiger partial charge in [0.2, 0.25) is 0 Å². The van der Waals surface area contributed by atoms with Crippen LogP contribution in [0.2, 0.25) is 15.1 Å². The number of rotatable bonds is 3. The first-order chi connectivity index (χ1) is 12.5. The lowest BCUT2D eigenvalue weighted by molar-refractivity contribution is -0.137. The molecule has 0 saturated heterocycles.